The zero-order valence-corrected chi connectivity index (χ0v) is 12.9. The van der Waals surface area contributed by atoms with Crippen LogP contribution in [0.15, 0.2) is 34.8 Å². The van der Waals surface area contributed by atoms with Crippen molar-refractivity contribution in [3.63, 3.8) is 0 Å². The van der Waals surface area contributed by atoms with Gasteiger partial charge in [-0.3, -0.25) is 0 Å². The number of aromatic amines is 1. The third kappa shape index (κ3) is 2.03. The Labute approximate surface area is 130 Å². The van der Waals surface area contributed by atoms with Crippen molar-refractivity contribution in [2.45, 2.75) is 25.2 Å². The van der Waals surface area contributed by atoms with Gasteiger partial charge in [-0.2, -0.15) is 0 Å². The summed E-state index contributed by atoms with van der Waals surface area (Å²) < 4.78 is 1.08. The van der Waals surface area contributed by atoms with Gasteiger partial charge in [0.25, 0.3) is 0 Å². The molecule has 0 aliphatic heterocycles. The van der Waals surface area contributed by atoms with Gasteiger partial charge in [-0.25, -0.2) is 0 Å². The molecular formula is C16H14BrN3O. The number of rotatable bonds is 2. The van der Waals surface area contributed by atoms with Gasteiger partial charge in [-0.05, 0) is 47.0 Å². The first-order valence-electron chi connectivity index (χ1n) is 7.07. The average Bonchev–Trinajstić information content (AvgIpc) is 2.75. The second-order valence-electron chi connectivity index (χ2n) is 5.49. The fraction of sp³-hybridized carbons (Fsp3) is 0.250. The van der Waals surface area contributed by atoms with E-state index in [9.17, 15) is 5.11 Å². The molecule has 1 fully saturated rings. The monoisotopic (exact) mass is 343 g/mol. The number of hydrogen-bond acceptors (Lipinski definition) is 3. The molecule has 1 aromatic carbocycles. The van der Waals surface area contributed by atoms with Crippen molar-refractivity contribution < 1.29 is 5.11 Å². The Morgan fingerprint density at radius 3 is 2.71 bits per heavy atom. The van der Waals surface area contributed by atoms with Gasteiger partial charge in [-0.15, -0.1) is 10.2 Å². The van der Waals surface area contributed by atoms with Crippen molar-refractivity contribution in [3.05, 3.63) is 40.5 Å². The second kappa shape index (κ2) is 4.84. The molecule has 4 rings (SSSR count). The highest BCUT2D eigenvalue weighted by molar-refractivity contribution is 9.10. The van der Waals surface area contributed by atoms with Gasteiger partial charge in [0.15, 0.2) is 5.65 Å². The van der Waals surface area contributed by atoms with Crippen molar-refractivity contribution in [1.29, 1.82) is 0 Å². The Balaban J connectivity index is 1.86. The summed E-state index contributed by atoms with van der Waals surface area (Å²) in [5.41, 5.74) is 3.40. The number of nitrogens with zero attached hydrogens (tertiary/aromatic N) is 2. The Hall–Kier alpha value is -1.88. The number of halogens is 1. The smallest absolute Gasteiger partial charge is 0.161 e. The predicted octanol–water partition coefficient (Wildman–Crippen LogP) is 4.36. The number of para-hydroxylation sites is 1. The van der Waals surface area contributed by atoms with Crippen molar-refractivity contribution >= 4 is 27.0 Å². The molecule has 1 aliphatic rings. The number of aromatic nitrogens is 3. The van der Waals surface area contributed by atoms with Crippen LogP contribution >= 0.6 is 15.9 Å². The van der Waals surface area contributed by atoms with E-state index in [1.54, 1.807) is 12.1 Å². The van der Waals surface area contributed by atoms with Crippen LogP contribution in [-0.2, 0) is 0 Å². The minimum Gasteiger partial charge on any atom is -0.507 e. The van der Waals surface area contributed by atoms with Crippen molar-refractivity contribution in [2.75, 3.05) is 0 Å². The number of hydrogen-bond donors (Lipinski definition) is 2. The Kier molecular flexibility index (Phi) is 2.96. The lowest BCUT2D eigenvalue weighted by Gasteiger charge is -2.24. The van der Waals surface area contributed by atoms with Gasteiger partial charge in [0.05, 0.1) is 5.69 Å². The molecule has 1 saturated carbocycles. The van der Waals surface area contributed by atoms with Crippen LogP contribution in [-0.4, -0.2) is 20.3 Å². The highest BCUT2D eigenvalue weighted by Gasteiger charge is 2.25. The number of phenols is 1. The van der Waals surface area contributed by atoms with Crippen LogP contribution < -0.4 is 0 Å². The van der Waals surface area contributed by atoms with E-state index >= 15 is 0 Å². The van der Waals surface area contributed by atoms with Crippen LogP contribution in [0.1, 0.15) is 30.9 Å². The molecule has 0 unspecified atom stereocenters. The third-order valence-electron chi connectivity index (χ3n) is 4.21. The van der Waals surface area contributed by atoms with Gasteiger partial charge in [-0.1, -0.05) is 18.6 Å². The van der Waals surface area contributed by atoms with Crippen LogP contribution in [0.3, 0.4) is 0 Å². The van der Waals surface area contributed by atoms with Gasteiger partial charge in [0.1, 0.15) is 5.75 Å². The van der Waals surface area contributed by atoms with Gasteiger partial charge in [0, 0.05) is 27.0 Å². The van der Waals surface area contributed by atoms with Crippen LogP contribution in [0.2, 0.25) is 0 Å². The lowest BCUT2D eigenvalue weighted by atomic mass is 9.83. The molecule has 2 heterocycles. The molecule has 0 spiro atoms. The fourth-order valence-corrected chi connectivity index (χ4v) is 3.50. The van der Waals surface area contributed by atoms with Gasteiger partial charge in [0.2, 0.25) is 0 Å². The Bertz CT molecular complexity index is 824. The Morgan fingerprint density at radius 1 is 1.19 bits per heavy atom. The maximum absolute atomic E-state index is 9.96. The number of aromatic hydroxyl groups is 1. The highest BCUT2D eigenvalue weighted by Crippen LogP contribution is 2.42. The van der Waals surface area contributed by atoms with E-state index in [0.717, 1.165) is 15.5 Å². The number of benzene rings is 1. The largest absolute Gasteiger partial charge is 0.507 e. The SMILES string of the molecule is Oc1ccccc1-c1cc2c(Br)c(C3CCC3)[nH]c2nn1. The van der Waals surface area contributed by atoms with E-state index in [1.165, 1.54) is 25.0 Å². The van der Waals surface area contributed by atoms with Crippen molar-refractivity contribution in [2.24, 2.45) is 0 Å². The van der Waals surface area contributed by atoms with Crippen LogP contribution in [0.25, 0.3) is 22.3 Å². The average molecular weight is 344 g/mol. The summed E-state index contributed by atoms with van der Waals surface area (Å²) in [5, 5.41) is 19.5. The molecule has 106 valence electrons. The molecule has 0 saturated heterocycles. The maximum atomic E-state index is 9.96. The minimum atomic E-state index is 0.219. The summed E-state index contributed by atoms with van der Waals surface area (Å²) in [6.07, 6.45) is 3.75. The molecule has 5 heteroatoms. The van der Waals surface area contributed by atoms with E-state index in [2.05, 4.69) is 31.1 Å². The normalized spacial score (nSPS) is 15.3. The molecule has 2 N–H and O–H groups in total. The second-order valence-corrected chi connectivity index (χ2v) is 6.28. The summed E-state index contributed by atoms with van der Waals surface area (Å²) in [6.45, 7) is 0. The predicted molar refractivity (Wildman–Crippen MR) is 85.3 cm³/mol. The topological polar surface area (TPSA) is 61.8 Å². The van der Waals surface area contributed by atoms with Gasteiger partial charge >= 0.3 is 0 Å². The van der Waals surface area contributed by atoms with Crippen LogP contribution in [0, 0.1) is 0 Å². The number of H-pyrrole nitrogens is 1. The number of fused-ring (bicyclic) bond motifs is 1. The van der Waals surface area contributed by atoms with Crippen LogP contribution in [0.4, 0.5) is 0 Å². The fourth-order valence-electron chi connectivity index (χ4n) is 2.78. The summed E-state index contributed by atoms with van der Waals surface area (Å²) in [4.78, 5) is 3.38. The van der Waals surface area contributed by atoms with E-state index < -0.39 is 0 Å². The molecule has 3 aromatic rings. The zero-order valence-electron chi connectivity index (χ0n) is 11.3. The first kappa shape index (κ1) is 12.8. The van der Waals surface area contributed by atoms with Crippen molar-refractivity contribution in [1.82, 2.24) is 15.2 Å². The molecule has 1 aliphatic carbocycles. The highest BCUT2D eigenvalue weighted by atomic mass is 79.9. The van der Waals surface area contributed by atoms with Crippen LogP contribution in [0.5, 0.6) is 5.75 Å². The summed E-state index contributed by atoms with van der Waals surface area (Å²) in [7, 11) is 0. The molecule has 2 aromatic heterocycles. The lowest BCUT2D eigenvalue weighted by molar-refractivity contribution is 0.411. The minimum absolute atomic E-state index is 0.219. The van der Waals surface area contributed by atoms with E-state index in [4.69, 9.17) is 0 Å². The first-order valence-corrected chi connectivity index (χ1v) is 7.86. The van der Waals surface area contributed by atoms with E-state index in [-0.39, 0.29) is 5.75 Å². The van der Waals surface area contributed by atoms with Gasteiger partial charge < -0.3 is 10.1 Å². The molecule has 0 amide bonds. The first-order chi connectivity index (χ1) is 10.2. The molecule has 0 atom stereocenters. The van der Waals surface area contributed by atoms with E-state index in [1.807, 2.05) is 18.2 Å². The standard InChI is InChI=1S/C16H14BrN3O/c17-14-11-8-12(10-6-1-2-7-13(10)21)19-20-16(11)18-15(14)9-4-3-5-9/h1-2,6-9,21H,3-5H2,(H,18,20). The Morgan fingerprint density at radius 2 is 2.00 bits per heavy atom. The molecule has 21 heavy (non-hydrogen) atoms. The molecular weight excluding hydrogens is 330 g/mol. The molecule has 0 radical (unpaired) electrons. The summed E-state index contributed by atoms with van der Waals surface area (Å²) >= 11 is 3.69. The summed E-state index contributed by atoms with van der Waals surface area (Å²) in [5.74, 6) is 0.819. The summed E-state index contributed by atoms with van der Waals surface area (Å²) in [6, 6.07) is 9.16. The lowest BCUT2D eigenvalue weighted by Crippen LogP contribution is -2.09. The number of nitrogens with one attached hydrogen (secondary N) is 1. The zero-order chi connectivity index (χ0) is 14.4. The third-order valence-corrected chi connectivity index (χ3v) is 5.07. The number of phenolic OH excluding ortho intramolecular Hbond substituents is 1. The quantitative estimate of drug-likeness (QED) is 0.726. The van der Waals surface area contributed by atoms with E-state index in [0.29, 0.717) is 17.2 Å². The van der Waals surface area contributed by atoms with Crippen molar-refractivity contribution in [3.8, 4) is 17.0 Å². The molecule has 4 nitrogen and oxygen atoms in total. The maximum Gasteiger partial charge on any atom is 0.161 e. The molecule has 0 bridgehead atoms.